The minimum atomic E-state index is -0.476. The van der Waals surface area contributed by atoms with Gasteiger partial charge in [-0.1, -0.05) is 6.92 Å². The van der Waals surface area contributed by atoms with Gasteiger partial charge in [0.1, 0.15) is 6.42 Å². The average molecular weight is 198 g/mol. The van der Waals surface area contributed by atoms with E-state index in [2.05, 4.69) is 0 Å². The summed E-state index contributed by atoms with van der Waals surface area (Å²) in [4.78, 5) is 36.4. The lowest BCUT2D eigenvalue weighted by Crippen LogP contribution is -2.54. The summed E-state index contributed by atoms with van der Waals surface area (Å²) in [5, 5.41) is 0. The molecule has 1 aliphatic heterocycles. The maximum Gasteiger partial charge on any atom is 0.333 e. The zero-order valence-corrected chi connectivity index (χ0v) is 8.45. The normalized spacial score (nSPS) is 18.0. The van der Waals surface area contributed by atoms with Crippen LogP contribution in [0.5, 0.6) is 0 Å². The summed E-state index contributed by atoms with van der Waals surface area (Å²) in [5.74, 6) is -0.776. The Bertz CT molecular complexity index is 275. The number of hydrogen-bond donors (Lipinski definition) is 0. The fourth-order valence-corrected chi connectivity index (χ4v) is 1.43. The highest BCUT2D eigenvalue weighted by Crippen LogP contribution is 2.11. The van der Waals surface area contributed by atoms with Gasteiger partial charge in [0.05, 0.1) is 0 Å². The largest absolute Gasteiger partial charge is 0.333 e. The van der Waals surface area contributed by atoms with Gasteiger partial charge >= 0.3 is 6.03 Å². The number of imide groups is 2. The van der Waals surface area contributed by atoms with Crippen molar-refractivity contribution in [2.75, 3.05) is 13.1 Å². The molecule has 1 aliphatic rings. The van der Waals surface area contributed by atoms with E-state index in [1.165, 1.54) is 0 Å². The standard InChI is InChI=1S/C9H14N2O3/c1-3-5-11-8(13)6-7(12)10(4-2)9(11)14/h3-6H2,1-2H3. The molecular weight excluding hydrogens is 184 g/mol. The van der Waals surface area contributed by atoms with Crippen LogP contribution in [0, 0.1) is 0 Å². The van der Waals surface area contributed by atoms with E-state index in [1.54, 1.807) is 6.92 Å². The molecule has 0 aliphatic carbocycles. The molecule has 0 saturated carbocycles. The Kier molecular flexibility index (Phi) is 3.22. The number of barbiturate groups is 1. The maximum absolute atomic E-state index is 11.6. The van der Waals surface area contributed by atoms with Gasteiger partial charge in [0.25, 0.3) is 0 Å². The Morgan fingerprint density at radius 2 is 1.64 bits per heavy atom. The number of carbonyl (C=O) groups is 3. The van der Waals surface area contributed by atoms with E-state index in [9.17, 15) is 14.4 Å². The Morgan fingerprint density at radius 3 is 2.14 bits per heavy atom. The van der Waals surface area contributed by atoms with E-state index in [4.69, 9.17) is 0 Å². The van der Waals surface area contributed by atoms with Gasteiger partial charge in [-0.15, -0.1) is 0 Å². The zero-order valence-electron chi connectivity index (χ0n) is 8.45. The van der Waals surface area contributed by atoms with E-state index < -0.39 is 11.9 Å². The van der Waals surface area contributed by atoms with E-state index in [1.807, 2.05) is 6.92 Å². The van der Waals surface area contributed by atoms with Gasteiger partial charge in [-0.3, -0.25) is 19.4 Å². The molecule has 0 aromatic rings. The van der Waals surface area contributed by atoms with Gasteiger partial charge in [-0.25, -0.2) is 4.79 Å². The molecule has 0 unspecified atom stereocenters. The first-order chi connectivity index (χ1) is 6.61. The van der Waals surface area contributed by atoms with Gasteiger partial charge in [0.2, 0.25) is 11.8 Å². The molecule has 0 spiro atoms. The van der Waals surface area contributed by atoms with E-state index >= 15 is 0 Å². The molecule has 5 nitrogen and oxygen atoms in total. The summed E-state index contributed by atoms with van der Waals surface area (Å²) in [7, 11) is 0. The SMILES string of the molecule is CCCN1C(=O)CC(=O)N(CC)C1=O. The minimum absolute atomic E-state index is 0.181. The van der Waals surface area contributed by atoms with Crippen molar-refractivity contribution in [3.05, 3.63) is 0 Å². The number of nitrogens with zero attached hydrogens (tertiary/aromatic N) is 2. The van der Waals surface area contributed by atoms with Crippen molar-refractivity contribution in [2.45, 2.75) is 26.7 Å². The number of hydrogen-bond acceptors (Lipinski definition) is 3. The smallest absolute Gasteiger partial charge is 0.274 e. The highest BCUT2D eigenvalue weighted by molar-refractivity contribution is 6.13. The number of amides is 4. The lowest BCUT2D eigenvalue weighted by atomic mass is 10.2. The summed E-state index contributed by atoms with van der Waals surface area (Å²) in [5.41, 5.74) is 0. The summed E-state index contributed by atoms with van der Waals surface area (Å²) in [6, 6.07) is -0.476. The Hall–Kier alpha value is -1.39. The summed E-state index contributed by atoms with van der Waals surface area (Å²) in [6.07, 6.45) is 0.531. The van der Waals surface area contributed by atoms with Crippen LogP contribution in [0.25, 0.3) is 0 Å². The third-order valence-corrected chi connectivity index (χ3v) is 2.13. The molecule has 1 heterocycles. The highest BCUT2D eigenvalue weighted by atomic mass is 16.2. The van der Waals surface area contributed by atoms with Crippen LogP contribution in [0.1, 0.15) is 26.7 Å². The fraction of sp³-hybridized carbons (Fsp3) is 0.667. The number of urea groups is 1. The summed E-state index contributed by atoms with van der Waals surface area (Å²) >= 11 is 0. The van der Waals surface area contributed by atoms with Crippen molar-refractivity contribution in [1.82, 2.24) is 9.80 Å². The topological polar surface area (TPSA) is 57.7 Å². The molecule has 0 radical (unpaired) electrons. The van der Waals surface area contributed by atoms with Gasteiger partial charge in [0, 0.05) is 13.1 Å². The maximum atomic E-state index is 11.6. The molecule has 0 aromatic heterocycles. The Morgan fingerprint density at radius 1 is 1.07 bits per heavy atom. The second-order valence-electron chi connectivity index (χ2n) is 3.14. The minimum Gasteiger partial charge on any atom is -0.274 e. The third-order valence-electron chi connectivity index (χ3n) is 2.13. The third kappa shape index (κ3) is 1.76. The fourth-order valence-electron chi connectivity index (χ4n) is 1.43. The second kappa shape index (κ2) is 4.21. The molecule has 1 saturated heterocycles. The van der Waals surface area contributed by atoms with Crippen molar-refractivity contribution in [3.8, 4) is 0 Å². The molecule has 0 atom stereocenters. The van der Waals surface area contributed by atoms with Crippen LogP contribution in [0.15, 0.2) is 0 Å². The number of carbonyl (C=O) groups excluding carboxylic acids is 3. The van der Waals surface area contributed by atoms with Crippen LogP contribution in [0.4, 0.5) is 4.79 Å². The van der Waals surface area contributed by atoms with Crippen molar-refractivity contribution in [2.24, 2.45) is 0 Å². The Balaban J connectivity index is 2.82. The molecule has 0 N–H and O–H groups in total. The monoisotopic (exact) mass is 198 g/mol. The first-order valence-electron chi connectivity index (χ1n) is 4.76. The molecule has 1 rings (SSSR count). The van der Waals surface area contributed by atoms with E-state index in [0.29, 0.717) is 19.5 Å². The van der Waals surface area contributed by atoms with Crippen molar-refractivity contribution in [3.63, 3.8) is 0 Å². The molecule has 5 heteroatoms. The Labute approximate surface area is 82.7 Å². The average Bonchev–Trinajstić information content (AvgIpc) is 2.12. The van der Waals surface area contributed by atoms with E-state index in [0.717, 1.165) is 9.80 Å². The van der Waals surface area contributed by atoms with Crippen LogP contribution in [0.3, 0.4) is 0 Å². The molecule has 78 valence electrons. The summed E-state index contributed by atoms with van der Waals surface area (Å²) < 4.78 is 0. The first kappa shape index (κ1) is 10.7. The van der Waals surface area contributed by atoms with E-state index in [-0.39, 0.29) is 12.3 Å². The molecule has 1 fully saturated rings. The number of rotatable bonds is 3. The van der Waals surface area contributed by atoms with Crippen molar-refractivity contribution >= 4 is 17.8 Å². The van der Waals surface area contributed by atoms with Crippen LogP contribution >= 0.6 is 0 Å². The molecule has 0 aromatic carbocycles. The predicted molar refractivity (Wildman–Crippen MR) is 49.4 cm³/mol. The molecule has 14 heavy (non-hydrogen) atoms. The zero-order chi connectivity index (χ0) is 10.7. The predicted octanol–water partition coefficient (Wildman–Crippen LogP) is 0.597. The van der Waals surface area contributed by atoms with Gasteiger partial charge in [-0.2, -0.15) is 0 Å². The van der Waals surface area contributed by atoms with Crippen LogP contribution < -0.4 is 0 Å². The summed E-state index contributed by atoms with van der Waals surface area (Å²) in [6.45, 7) is 4.32. The van der Waals surface area contributed by atoms with Crippen LogP contribution in [-0.4, -0.2) is 40.7 Å². The van der Waals surface area contributed by atoms with Crippen molar-refractivity contribution in [1.29, 1.82) is 0 Å². The van der Waals surface area contributed by atoms with Gasteiger partial charge in [0.15, 0.2) is 0 Å². The first-order valence-corrected chi connectivity index (χ1v) is 4.76. The lowest BCUT2D eigenvalue weighted by molar-refractivity contribution is -0.142. The van der Waals surface area contributed by atoms with Crippen molar-refractivity contribution < 1.29 is 14.4 Å². The van der Waals surface area contributed by atoms with Gasteiger partial charge in [-0.05, 0) is 13.3 Å². The van der Waals surface area contributed by atoms with Gasteiger partial charge < -0.3 is 0 Å². The van der Waals surface area contributed by atoms with Crippen LogP contribution in [0.2, 0.25) is 0 Å². The molecular formula is C9H14N2O3. The highest BCUT2D eigenvalue weighted by Gasteiger charge is 2.36. The quantitative estimate of drug-likeness (QED) is 0.624. The van der Waals surface area contributed by atoms with Crippen LogP contribution in [-0.2, 0) is 9.59 Å². The molecule has 0 bridgehead atoms. The molecule has 4 amide bonds. The second-order valence-corrected chi connectivity index (χ2v) is 3.14. The lowest BCUT2D eigenvalue weighted by Gasteiger charge is -2.31.